The molecular weight excluding hydrogens is 253 g/mol. The average molecular weight is 268 g/mol. The third-order valence-corrected chi connectivity index (χ3v) is 3.47. The molecule has 0 saturated carbocycles. The van der Waals surface area contributed by atoms with Crippen molar-refractivity contribution in [2.24, 2.45) is 5.73 Å². The van der Waals surface area contributed by atoms with Gasteiger partial charge in [-0.1, -0.05) is 23.7 Å². The molecule has 18 heavy (non-hydrogen) atoms. The first-order valence-electron chi connectivity index (χ1n) is 5.69. The summed E-state index contributed by atoms with van der Waals surface area (Å²) in [4.78, 5) is 0. The van der Waals surface area contributed by atoms with Gasteiger partial charge in [0.05, 0.1) is 16.4 Å². The van der Waals surface area contributed by atoms with Gasteiger partial charge >= 0.3 is 0 Å². The van der Waals surface area contributed by atoms with Gasteiger partial charge in [-0.15, -0.1) is 0 Å². The molecule has 3 nitrogen and oxygen atoms in total. The molecule has 2 rings (SSSR count). The van der Waals surface area contributed by atoms with E-state index in [9.17, 15) is 4.39 Å². The van der Waals surface area contributed by atoms with Gasteiger partial charge in [0.2, 0.25) is 0 Å². The van der Waals surface area contributed by atoms with Crippen LogP contribution in [-0.2, 0) is 0 Å². The SMILES string of the molecule is Cc1nn(-c2c(F)cccc2[C@@H](C)N)c(C)c1Cl. The Morgan fingerprint density at radius 2 is 2.06 bits per heavy atom. The number of nitrogens with two attached hydrogens (primary N) is 1. The highest BCUT2D eigenvalue weighted by Gasteiger charge is 2.18. The smallest absolute Gasteiger partial charge is 0.149 e. The van der Waals surface area contributed by atoms with Crippen LogP contribution in [0.15, 0.2) is 18.2 Å². The largest absolute Gasteiger partial charge is 0.324 e. The van der Waals surface area contributed by atoms with Crippen molar-refractivity contribution in [1.82, 2.24) is 9.78 Å². The average Bonchev–Trinajstić information content (AvgIpc) is 2.56. The first kappa shape index (κ1) is 13.1. The molecule has 1 aromatic heterocycles. The highest BCUT2D eigenvalue weighted by molar-refractivity contribution is 6.31. The number of benzene rings is 1. The zero-order valence-electron chi connectivity index (χ0n) is 10.5. The van der Waals surface area contributed by atoms with Gasteiger partial charge in [0.1, 0.15) is 11.5 Å². The molecule has 0 bridgehead atoms. The van der Waals surface area contributed by atoms with E-state index in [-0.39, 0.29) is 11.9 Å². The van der Waals surface area contributed by atoms with Gasteiger partial charge in [-0.05, 0) is 32.4 Å². The maximum Gasteiger partial charge on any atom is 0.149 e. The number of hydrogen-bond acceptors (Lipinski definition) is 2. The van der Waals surface area contributed by atoms with E-state index < -0.39 is 0 Å². The topological polar surface area (TPSA) is 43.8 Å². The summed E-state index contributed by atoms with van der Waals surface area (Å²) in [5.41, 5.74) is 8.34. The fourth-order valence-corrected chi connectivity index (χ4v) is 2.08. The molecule has 0 unspecified atom stereocenters. The maximum absolute atomic E-state index is 14.1. The third-order valence-electron chi connectivity index (χ3n) is 2.92. The Labute approximate surface area is 110 Å². The predicted octanol–water partition coefficient (Wildman–Crippen LogP) is 3.30. The normalized spacial score (nSPS) is 12.8. The molecule has 0 aliphatic rings. The Morgan fingerprint density at radius 1 is 1.39 bits per heavy atom. The summed E-state index contributed by atoms with van der Waals surface area (Å²) < 4.78 is 15.6. The van der Waals surface area contributed by atoms with Crippen molar-refractivity contribution >= 4 is 11.6 Å². The molecule has 2 N–H and O–H groups in total. The minimum Gasteiger partial charge on any atom is -0.324 e. The lowest BCUT2D eigenvalue weighted by Gasteiger charge is -2.14. The van der Waals surface area contributed by atoms with Gasteiger partial charge in [0.25, 0.3) is 0 Å². The first-order valence-corrected chi connectivity index (χ1v) is 6.07. The summed E-state index contributed by atoms with van der Waals surface area (Å²) in [5.74, 6) is -0.355. The Hall–Kier alpha value is -1.39. The van der Waals surface area contributed by atoms with Crippen molar-refractivity contribution in [1.29, 1.82) is 0 Å². The van der Waals surface area contributed by atoms with E-state index in [1.807, 2.05) is 6.92 Å². The minimum atomic E-state index is -0.355. The van der Waals surface area contributed by atoms with Crippen LogP contribution in [0.3, 0.4) is 0 Å². The summed E-state index contributed by atoms with van der Waals surface area (Å²) in [6, 6.07) is 4.56. The standard InChI is InChI=1S/C13H15ClFN3/c1-7(16)10-5-4-6-11(15)13(10)18-9(3)12(14)8(2)17-18/h4-7H,16H2,1-3H3/t7-/m1/s1. The molecule has 1 atom stereocenters. The van der Waals surface area contributed by atoms with Gasteiger partial charge in [0, 0.05) is 6.04 Å². The zero-order chi connectivity index (χ0) is 13.4. The van der Waals surface area contributed by atoms with Gasteiger partial charge < -0.3 is 5.73 Å². The van der Waals surface area contributed by atoms with Crippen LogP contribution in [-0.4, -0.2) is 9.78 Å². The van der Waals surface area contributed by atoms with E-state index in [1.54, 1.807) is 26.0 Å². The number of rotatable bonds is 2. The number of aryl methyl sites for hydroxylation is 1. The molecule has 5 heteroatoms. The Kier molecular flexibility index (Phi) is 3.41. The van der Waals surface area contributed by atoms with Crippen LogP contribution in [0.2, 0.25) is 5.02 Å². The molecule has 1 aromatic carbocycles. The van der Waals surface area contributed by atoms with E-state index in [4.69, 9.17) is 17.3 Å². The maximum atomic E-state index is 14.1. The number of para-hydroxylation sites is 1. The molecule has 0 fully saturated rings. The lowest BCUT2D eigenvalue weighted by atomic mass is 10.1. The highest BCUT2D eigenvalue weighted by Crippen LogP contribution is 2.28. The van der Waals surface area contributed by atoms with E-state index in [0.29, 0.717) is 27.7 Å². The molecule has 2 aromatic rings. The second kappa shape index (κ2) is 4.71. The van der Waals surface area contributed by atoms with E-state index >= 15 is 0 Å². The fourth-order valence-electron chi connectivity index (χ4n) is 1.96. The van der Waals surface area contributed by atoms with Crippen LogP contribution in [0.4, 0.5) is 4.39 Å². The monoisotopic (exact) mass is 267 g/mol. The number of hydrogen-bond donors (Lipinski definition) is 1. The van der Waals surface area contributed by atoms with Crippen LogP contribution in [0.25, 0.3) is 5.69 Å². The predicted molar refractivity (Wildman–Crippen MR) is 70.6 cm³/mol. The molecular formula is C13H15ClFN3. The fraction of sp³-hybridized carbons (Fsp3) is 0.308. The molecule has 0 amide bonds. The third kappa shape index (κ3) is 2.02. The van der Waals surface area contributed by atoms with E-state index in [2.05, 4.69) is 5.10 Å². The van der Waals surface area contributed by atoms with Crippen LogP contribution < -0.4 is 5.73 Å². The van der Waals surface area contributed by atoms with Crippen molar-refractivity contribution in [2.75, 3.05) is 0 Å². The summed E-state index contributed by atoms with van der Waals surface area (Å²) in [6.45, 7) is 5.41. The lowest BCUT2D eigenvalue weighted by Crippen LogP contribution is -2.13. The number of nitrogens with zero attached hydrogens (tertiary/aromatic N) is 2. The summed E-state index contributed by atoms with van der Waals surface area (Å²) >= 11 is 6.10. The number of aromatic nitrogens is 2. The van der Waals surface area contributed by atoms with E-state index in [0.717, 1.165) is 0 Å². The Bertz CT molecular complexity index is 590. The summed E-state index contributed by atoms with van der Waals surface area (Å²) in [7, 11) is 0. The van der Waals surface area contributed by atoms with Crippen LogP contribution in [0.1, 0.15) is 29.9 Å². The zero-order valence-corrected chi connectivity index (χ0v) is 11.3. The van der Waals surface area contributed by atoms with E-state index in [1.165, 1.54) is 10.7 Å². The van der Waals surface area contributed by atoms with Gasteiger partial charge in [-0.2, -0.15) is 5.10 Å². The Balaban J connectivity index is 2.74. The molecule has 1 heterocycles. The molecule has 0 spiro atoms. The van der Waals surface area contributed by atoms with Crippen molar-refractivity contribution in [3.8, 4) is 5.69 Å². The highest BCUT2D eigenvalue weighted by atomic mass is 35.5. The molecule has 0 aliphatic heterocycles. The number of halogens is 2. The van der Waals surface area contributed by atoms with Gasteiger partial charge in [0.15, 0.2) is 0 Å². The second-order valence-electron chi connectivity index (χ2n) is 4.36. The van der Waals surface area contributed by atoms with Gasteiger partial charge in [-0.3, -0.25) is 0 Å². The van der Waals surface area contributed by atoms with Crippen molar-refractivity contribution in [3.63, 3.8) is 0 Å². The lowest BCUT2D eigenvalue weighted by molar-refractivity contribution is 0.599. The first-order chi connectivity index (χ1) is 8.43. The van der Waals surface area contributed by atoms with Gasteiger partial charge in [-0.25, -0.2) is 9.07 Å². The molecule has 0 saturated heterocycles. The van der Waals surface area contributed by atoms with Crippen LogP contribution >= 0.6 is 11.6 Å². The molecule has 0 radical (unpaired) electrons. The van der Waals surface area contributed by atoms with Crippen molar-refractivity contribution in [2.45, 2.75) is 26.8 Å². The molecule has 0 aliphatic carbocycles. The van der Waals surface area contributed by atoms with Crippen LogP contribution in [0.5, 0.6) is 0 Å². The van der Waals surface area contributed by atoms with Crippen molar-refractivity contribution < 1.29 is 4.39 Å². The summed E-state index contributed by atoms with van der Waals surface area (Å²) in [6.07, 6.45) is 0. The quantitative estimate of drug-likeness (QED) is 0.907. The second-order valence-corrected chi connectivity index (χ2v) is 4.74. The minimum absolute atomic E-state index is 0.279. The summed E-state index contributed by atoms with van der Waals surface area (Å²) in [5, 5.41) is 4.82. The van der Waals surface area contributed by atoms with Crippen molar-refractivity contribution in [3.05, 3.63) is 46.0 Å². The Morgan fingerprint density at radius 3 is 2.56 bits per heavy atom. The molecule has 96 valence electrons. The van der Waals surface area contributed by atoms with Crippen LogP contribution in [0, 0.1) is 19.7 Å².